The average Bonchev–Trinajstić information content (AvgIpc) is 3.09. The van der Waals surface area contributed by atoms with E-state index in [2.05, 4.69) is 11.4 Å². The second kappa shape index (κ2) is 9.38. The van der Waals surface area contributed by atoms with Crippen LogP contribution in [0.2, 0.25) is 5.02 Å². The maximum atomic E-state index is 12.7. The molecule has 2 amide bonds. The smallest absolute Gasteiger partial charge is 0.227 e. The van der Waals surface area contributed by atoms with E-state index >= 15 is 0 Å². The van der Waals surface area contributed by atoms with Gasteiger partial charge in [-0.1, -0.05) is 35.9 Å². The predicted molar refractivity (Wildman–Crippen MR) is 109 cm³/mol. The van der Waals surface area contributed by atoms with Crippen molar-refractivity contribution in [3.63, 3.8) is 0 Å². The fourth-order valence-corrected chi connectivity index (χ4v) is 3.69. The Bertz CT molecular complexity index is 892. The quantitative estimate of drug-likeness (QED) is 0.764. The molecule has 1 aliphatic carbocycles. The summed E-state index contributed by atoms with van der Waals surface area (Å²) in [5.74, 6) is -0.314. The Balaban J connectivity index is 1.57. The van der Waals surface area contributed by atoms with Gasteiger partial charge in [-0.15, -0.1) is 0 Å². The highest BCUT2D eigenvalue weighted by atomic mass is 35.5. The topological polar surface area (TPSA) is 73.2 Å². The number of rotatable bonds is 7. The van der Waals surface area contributed by atoms with E-state index in [1.807, 2.05) is 48.5 Å². The molecule has 2 aromatic carbocycles. The monoisotopic (exact) mass is 395 g/mol. The van der Waals surface area contributed by atoms with Crippen LogP contribution in [0.1, 0.15) is 42.9 Å². The van der Waals surface area contributed by atoms with Crippen LogP contribution in [0, 0.1) is 11.3 Å². The van der Waals surface area contributed by atoms with Gasteiger partial charge in [-0.25, -0.2) is 0 Å². The highest BCUT2D eigenvalue weighted by molar-refractivity contribution is 6.30. The highest BCUT2D eigenvalue weighted by Crippen LogP contribution is 2.33. The van der Waals surface area contributed by atoms with Crippen LogP contribution < -0.4 is 10.2 Å². The molecular formula is C22H22ClN3O2. The molecule has 2 aromatic rings. The molecule has 1 N–H and O–H groups in total. The lowest BCUT2D eigenvalue weighted by Gasteiger charge is -2.22. The first-order chi connectivity index (χ1) is 13.6. The predicted octanol–water partition coefficient (Wildman–Crippen LogP) is 4.17. The zero-order valence-corrected chi connectivity index (χ0v) is 16.3. The molecule has 28 heavy (non-hydrogen) atoms. The van der Waals surface area contributed by atoms with E-state index in [4.69, 9.17) is 16.9 Å². The number of nitriles is 1. The minimum atomic E-state index is -0.161. The van der Waals surface area contributed by atoms with E-state index in [0.717, 1.165) is 24.1 Å². The van der Waals surface area contributed by atoms with Crippen LogP contribution in [0.5, 0.6) is 0 Å². The van der Waals surface area contributed by atoms with Gasteiger partial charge in [0.15, 0.2) is 0 Å². The molecule has 1 aliphatic rings. The van der Waals surface area contributed by atoms with Crippen molar-refractivity contribution in [2.75, 3.05) is 11.4 Å². The lowest BCUT2D eigenvalue weighted by atomic mass is 10.1. The Morgan fingerprint density at radius 2 is 1.96 bits per heavy atom. The summed E-state index contributed by atoms with van der Waals surface area (Å²) in [7, 11) is 0. The molecule has 0 saturated carbocycles. The minimum absolute atomic E-state index is 0.0554. The third-order valence-corrected chi connectivity index (χ3v) is 5.14. The zero-order chi connectivity index (χ0) is 19.9. The Morgan fingerprint density at radius 3 is 2.71 bits per heavy atom. The summed E-state index contributed by atoms with van der Waals surface area (Å²) < 4.78 is 0. The summed E-state index contributed by atoms with van der Waals surface area (Å²) in [6.07, 6.45) is 2.20. The number of halogens is 1. The van der Waals surface area contributed by atoms with Gasteiger partial charge >= 0.3 is 0 Å². The van der Waals surface area contributed by atoms with Gasteiger partial charge in [0.2, 0.25) is 11.8 Å². The Kier molecular flexibility index (Phi) is 6.67. The normalized spacial score (nSPS) is 14.8. The second-order valence-electron chi connectivity index (χ2n) is 6.79. The van der Waals surface area contributed by atoms with Crippen LogP contribution in [0.3, 0.4) is 0 Å². The zero-order valence-electron chi connectivity index (χ0n) is 15.5. The van der Waals surface area contributed by atoms with Crippen molar-refractivity contribution >= 4 is 29.1 Å². The summed E-state index contributed by atoms with van der Waals surface area (Å²) in [6, 6.07) is 17.0. The molecule has 0 spiro atoms. The van der Waals surface area contributed by atoms with Crippen LogP contribution in [0.25, 0.3) is 0 Å². The van der Waals surface area contributed by atoms with E-state index in [1.54, 1.807) is 4.90 Å². The number of anilines is 1. The van der Waals surface area contributed by atoms with Gasteiger partial charge in [-0.05, 0) is 48.2 Å². The molecule has 0 bridgehead atoms. The number of nitrogens with zero attached hydrogens (tertiary/aromatic N) is 2. The van der Waals surface area contributed by atoms with E-state index in [-0.39, 0.29) is 37.1 Å². The van der Waals surface area contributed by atoms with Gasteiger partial charge in [0.05, 0.1) is 18.5 Å². The van der Waals surface area contributed by atoms with Gasteiger partial charge in [0.25, 0.3) is 0 Å². The summed E-state index contributed by atoms with van der Waals surface area (Å²) >= 11 is 6.08. The molecule has 1 unspecified atom stereocenters. The van der Waals surface area contributed by atoms with Gasteiger partial charge < -0.3 is 10.2 Å². The summed E-state index contributed by atoms with van der Waals surface area (Å²) in [5.41, 5.74) is 3.01. The van der Waals surface area contributed by atoms with Crippen LogP contribution in [0.4, 0.5) is 5.69 Å². The number of para-hydroxylation sites is 1. The molecule has 0 radical (unpaired) electrons. The van der Waals surface area contributed by atoms with Gasteiger partial charge in [0.1, 0.15) is 0 Å². The largest absolute Gasteiger partial charge is 0.349 e. The number of aryl methyl sites for hydroxylation is 1. The second-order valence-corrected chi connectivity index (χ2v) is 7.23. The number of fused-ring (bicyclic) bond motifs is 1. The number of nitrogens with one attached hydrogen (secondary N) is 1. The summed E-state index contributed by atoms with van der Waals surface area (Å²) in [6.45, 7) is 0.315. The van der Waals surface area contributed by atoms with Crippen LogP contribution in [0.15, 0.2) is 48.5 Å². The van der Waals surface area contributed by atoms with Gasteiger partial charge in [-0.3, -0.25) is 9.59 Å². The molecule has 0 saturated heterocycles. The SMILES string of the molecule is N#CCCN(C(=O)CCC(=O)NC1CCc2ccc(Cl)cc21)c1ccccc1. The standard InChI is InChI=1S/C22H22ClN3O2/c23-17-9-7-16-8-10-20(19(16)15-17)25-21(27)11-12-22(28)26(14-4-13-24)18-5-2-1-3-6-18/h1-3,5-7,9,15,20H,4,8,10-12,14H2,(H,25,27). The molecule has 0 aliphatic heterocycles. The molecule has 1 atom stereocenters. The summed E-state index contributed by atoms with van der Waals surface area (Å²) in [4.78, 5) is 26.6. The van der Waals surface area contributed by atoms with Crippen molar-refractivity contribution in [3.8, 4) is 6.07 Å². The molecule has 6 heteroatoms. The lowest BCUT2D eigenvalue weighted by Crippen LogP contribution is -2.33. The first-order valence-electron chi connectivity index (χ1n) is 9.38. The summed E-state index contributed by atoms with van der Waals surface area (Å²) in [5, 5.41) is 12.5. The van der Waals surface area contributed by atoms with Gasteiger partial charge in [-0.2, -0.15) is 5.26 Å². The van der Waals surface area contributed by atoms with E-state index in [0.29, 0.717) is 11.6 Å². The minimum Gasteiger partial charge on any atom is -0.349 e. The number of hydrogen-bond acceptors (Lipinski definition) is 3. The van der Waals surface area contributed by atoms with Crippen molar-refractivity contribution in [3.05, 3.63) is 64.7 Å². The number of benzene rings is 2. The van der Waals surface area contributed by atoms with E-state index in [9.17, 15) is 9.59 Å². The van der Waals surface area contributed by atoms with Crippen molar-refractivity contribution in [1.29, 1.82) is 5.26 Å². The van der Waals surface area contributed by atoms with Crippen molar-refractivity contribution in [1.82, 2.24) is 5.32 Å². The van der Waals surface area contributed by atoms with Crippen LogP contribution in [-0.4, -0.2) is 18.4 Å². The van der Waals surface area contributed by atoms with E-state index in [1.165, 1.54) is 5.56 Å². The third-order valence-electron chi connectivity index (χ3n) is 4.90. The maximum Gasteiger partial charge on any atom is 0.227 e. The lowest BCUT2D eigenvalue weighted by molar-refractivity contribution is -0.125. The first kappa shape index (κ1) is 19.9. The molecule has 0 fully saturated rings. The fourth-order valence-electron chi connectivity index (χ4n) is 3.51. The Hall–Kier alpha value is -2.84. The molecule has 5 nitrogen and oxygen atoms in total. The van der Waals surface area contributed by atoms with Crippen molar-refractivity contribution in [2.45, 2.75) is 38.1 Å². The Labute approximate surface area is 169 Å². The number of carbonyl (C=O) groups excluding carboxylic acids is 2. The van der Waals surface area contributed by atoms with Gasteiger partial charge in [0, 0.05) is 30.1 Å². The maximum absolute atomic E-state index is 12.7. The molecular weight excluding hydrogens is 374 g/mol. The van der Waals surface area contributed by atoms with E-state index < -0.39 is 0 Å². The fraction of sp³-hybridized carbons (Fsp3) is 0.318. The highest BCUT2D eigenvalue weighted by Gasteiger charge is 2.24. The average molecular weight is 396 g/mol. The molecule has 3 rings (SSSR count). The molecule has 0 heterocycles. The molecule has 144 valence electrons. The first-order valence-corrected chi connectivity index (χ1v) is 9.76. The van der Waals surface area contributed by atoms with Crippen molar-refractivity contribution < 1.29 is 9.59 Å². The third kappa shape index (κ3) is 4.90. The van der Waals surface area contributed by atoms with Crippen LogP contribution in [-0.2, 0) is 16.0 Å². The number of hydrogen-bond donors (Lipinski definition) is 1. The molecule has 0 aromatic heterocycles. The van der Waals surface area contributed by atoms with Crippen molar-refractivity contribution in [2.24, 2.45) is 0 Å². The number of amides is 2. The number of carbonyl (C=O) groups is 2. The Morgan fingerprint density at radius 1 is 1.18 bits per heavy atom. The van der Waals surface area contributed by atoms with Crippen LogP contribution >= 0.6 is 11.6 Å².